The SMILES string of the molecule is COc1cc(C=Cc2onc(C)c2[N+](=O)[O-])ccc1OCc1ccc(Cl)cc1. The van der Waals surface area contributed by atoms with Gasteiger partial charge in [-0.2, -0.15) is 0 Å². The number of methoxy groups -OCH3 is 1. The zero-order valence-corrected chi connectivity index (χ0v) is 16.0. The van der Waals surface area contributed by atoms with Gasteiger partial charge in [-0.25, -0.2) is 0 Å². The number of aryl methyl sites for hydroxylation is 1. The summed E-state index contributed by atoms with van der Waals surface area (Å²) in [6, 6.07) is 12.7. The highest BCUT2D eigenvalue weighted by Gasteiger charge is 2.21. The highest BCUT2D eigenvalue weighted by atomic mass is 35.5. The van der Waals surface area contributed by atoms with Gasteiger partial charge in [-0.05, 0) is 48.4 Å². The van der Waals surface area contributed by atoms with Gasteiger partial charge in [0.2, 0.25) is 5.76 Å². The number of nitrogens with zero attached hydrogens (tertiary/aromatic N) is 2. The van der Waals surface area contributed by atoms with Gasteiger partial charge in [-0.1, -0.05) is 41.0 Å². The average molecular weight is 401 g/mol. The van der Waals surface area contributed by atoms with E-state index in [0.717, 1.165) is 11.1 Å². The molecule has 3 rings (SSSR count). The van der Waals surface area contributed by atoms with E-state index in [0.29, 0.717) is 23.1 Å². The summed E-state index contributed by atoms with van der Waals surface area (Å²) in [6.07, 6.45) is 3.18. The molecular formula is C20H17ClN2O5. The Hall–Kier alpha value is -3.32. The number of hydrogen-bond donors (Lipinski definition) is 0. The normalized spacial score (nSPS) is 11.0. The predicted octanol–water partition coefficient (Wildman–Crippen LogP) is 5.30. The molecule has 0 fully saturated rings. The molecule has 0 radical (unpaired) electrons. The number of halogens is 1. The Kier molecular flexibility index (Phi) is 5.96. The third kappa shape index (κ3) is 4.50. The van der Waals surface area contributed by atoms with Gasteiger partial charge < -0.3 is 14.0 Å². The number of nitro groups is 1. The van der Waals surface area contributed by atoms with Crippen LogP contribution in [0.25, 0.3) is 12.2 Å². The largest absolute Gasteiger partial charge is 0.493 e. The number of hydrogen-bond acceptors (Lipinski definition) is 6. The lowest BCUT2D eigenvalue weighted by atomic mass is 10.1. The van der Waals surface area contributed by atoms with Crippen molar-refractivity contribution in [2.45, 2.75) is 13.5 Å². The second kappa shape index (κ2) is 8.58. The first-order valence-corrected chi connectivity index (χ1v) is 8.69. The lowest BCUT2D eigenvalue weighted by Crippen LogP contribution is -1.97. The molecule has 0 amide bonds. The maximum atomic E-state index is 11.1. The van der Waals surface area contributed by atoms with E-state index in [-0.39, 0.29) is 17.1 Å². The summed E-state index contributed by atoms with van der Waals surface area (Å²) in [5, 5.41) is 15.4. The van der Waals surface area contributed by atoms with Crippen molar-refractivity contribution >= 4 is 29.4 Å². The second-order valence-corrected chi connectivity index (χ2v) is 6.33. The molecule has 28 heavy (non-hydrogen) atoms. The molecule has 0 unspecified atom stereocenters. The maximum absolute atomic E-state index is 11.1. The van der Waals surface area contributed by atoms with E-state index < -0.39 is 4.92 Å². The van der Waals surface area contributed by atoms with Gasteiger partial charge in [0, 0.05) is 5.02 Å². The molecule has 144 valence electrons. The minimum absolute atomic E-state index is 0.0875. The summed E-state index contributed by atoms with van der Waals surface area (Å²) in [4.78, 5) is 10.6. The van der Waals surface area contributed by atoms with Gasteiger partial charge >= 0.3 is 5.69 Å². The van der Waals surface area contributed by atoms with Crippen LogP contribution in [0.1, 0.15) is 22.6 Å². The van der Waals surface area contributed by atoms with Crippen molar-refractivity contribution in [1.82, 2.24) is 5.16 Å². The topological polar surface area (TPSA) is 87.6 Å². The number of ether oxygens (including phenoxy) is 2. The molecule has 2 aromatic carbocycles. The molecule has 0 saturated heterocycles. The van der Waals surface area contributed by atoms with Crippen molar-refractivity contribution in [1.29, 1.82) is 0 Å². The van der Waals surface area contributed by atoms with Crippen molar-refractivity contribution in [3.63, 3.8) is 0 Å². The molecule has 7 nitrogen and oxygen atoms in total. The Morgan fingerprint density at radius 3 is 2.61 bits per heavy atom. The highest BCUT2D eigenvalue weighted by molar-refractivity contribution is 6.30. The lowest BCUT2D eigenvalue weighted by Gasteiger charge is -2.11. The predicted molar refractivity (Wildman–Crippen MR) is 106 cm³/mol. The minimum atomic E-state index is -0.514. The fourth-order valence-corrected chi connectivity index (χ4v) is 2.66. The standard InChI is InChI=1S/C20H17ClN2O5/c1-13-20(23(24)25)18(28-22-13)10-6-14-5-9-17(19(11-14)26-2)27-12-15-3-7-16(21)8-4-15/h3-11H,12H2,1-2H3. The average Bonchev–Trinajstić information content (AvgIpc) is 3.07. The van der Waals surface area contributed by atoms with Crippen LogP contribution in [0.2, 0.25) is 5.02 Å². The van der Waals surface area contributed by atoms with E-state index in [4.69, 9.17) is 25.6 Å². The number of rotatable bonds is 7. The molecule has 0 N–H and O–H groups in total. The summed E-state index contributed by atoms with van der Waals surface area (Å²) in [5.41, 5.74) is 1.82. The molecule has 0 aliphatic heterocycles. The molecule has 0 atom stereocenters. The Labute approximate surface area is 166 Å². The van der Waals surface area contributed by atoms with E-state index in [1.165, 1.54) is 13.0 Å². The summed E-state index contributed by atoms with van der Waals surface area (Å²) < 4.78 is 16.2. The summed E-state index contributed by atoms with van der Waals surface area (Å²) in [7, 11) is 1.54. The van der Waals surface area contributed by atoms with Crippen LogP contribution in [0.5, 0.6) is 11.5 Å². The van der Waals surface area contributed by atoms with E-state index in [9.17, 15) is 10.1 Å². The zero-order valence-electron chi connectivity index (χ0n) is 15.2. The molecule has 0 bridgehead atoms. The van der Waals surface area contributed by atoms with Crippen LogP contribution in [0.3, 0.4) is 0 Å². The van der Waals surface area contributed by atoms with Gasteiger partial charge in [0.15, 0.2) is 17.2 Å². The molecule has 1 aromatic heterocycles. The van der Waals surface area contributed by atoms with Crippen molar-refractivity contribution in [3.05, 3.63) is 80.2 Å². The first kappa shape index (κ1) is 19.4. The lowest BCUT2D eigenvalue weighted by molar-refractivity contribution is -0.386. The van der Waals surface area contributed by atoms with Crippen molar-refractivity contribution < 1.29 is 18.9 Å². The van der Waals surface area contributed by atoms with Gasteiger partial charge in [0.25, 0.3) is 0 Å². The zero-order chi connectivity index (χ0) is 20.1. The van der Waals surface area contributed by atoms with Crippen LogP contribution in [-0.4, -0.2) is 17.2 Å². The van der Waals surface area contributed by atoms with Crippen molar-refractivity contribution in [2.75, 3.05) is 7.11 Å². The minimum Gasteiger partial charge on any atom is -0.493 e. The van der Waals surface area contributed by atoms with Crippen LogP contribution in [0.4, 0.5) is 5.69 Å². The molecule has 3 aromatic rings. The van der Waals surface area contributed by atoms with Crippen molar-refractivity contribution in [3.8, 4) is 11.5 Å². The maximum Gasteiger partial charge on any atom is 0.338 e. The Morgan fingerprint density at radius 2 is 1.93 bits per heavy atom. The third-order valence-electron chi connectivity index (χ3n) is 3.96. The summed E-state index contributed by atoms with van der Waals surface area (Å²) in [5.74, 6) is 1.21. The van der Waals surface area contributed by atoms with Crippen LogP contribution >= 0.6 is 11.6 Å². The number of aromatic nitrogens is 1. The Morgan fingerprint density at radius 1 is 1.18 bits per heavy atom. The molecule has 0 aliphatic rings. The van der Waals surface area contributed by atoms with Crippen LogP contribution in [0, 0.1) is 17.0 Å². The van der Waals surface area contributed by atoms with E-state index >= 15 is 0 Å². The van der Waals surface area contributed by atoms with E-state index in [2.05, 4.69) is 5.16 Å². The van der Waals surface area contributed by atoms with Crippen LogP contribution in [0.15, 0.2) is 47.0 Å². The Balaban J connectivity index is 1.75. The van der Waals surface area contributed by atoms with Gasteiger partial charge in [-0.3, -0.25) is 10.1 Å². The monoisotopic (exact) mass is 400 g/mol. The summed E-state index contributed by atoms with van der Waals surface area (Å²) in [6.45, 7) is 1.89. The molecule has 0 spiro atoms. The molecule has 8 heteroatoms. The smallest absolute Gasteiger partial charge is 0.338 e. The molecule has 1 heterocycles. The molecule has 0 saturated carbocycles. The first-order chi connectivity index (χ1) is 13.5. The fourth-order valence-electron chi connectivity index (χ4n) is 2.53. The van der Waals surface area contributed by atoms with Gasteiger partial charge in [0.05, 0.1) is 12.0 Å². The van der Waals surface area contributed by atoms with Crippen molar-refractivity contribution in [2.24, 2.45) is 0 Å². The van der Waals surface area contributed by atoms with E-state index in [1.54, 1.807) is 37.5 Å². The third-order valence-corrected chi connectivity index (χ3v) is 4.21. The second-order valence-electron chi connectivity index (χ2n) is 5.90. The quantitative estimate of drug-likeness (QED) is 0.395. The van der Waals surface area contributed by atoms with Crippen LogP contribution < -0.4 is 9.47 Å². The highest BCUT2D eigenvalue weighted by Crippen LogP contribution is 2.30. The van der Waals surface area contributed by atoms with Gasteiger partial charge in [0.1, 0.15) is 6.61 Å². The Bertz CT molecular complexity index is 1010. The molecular weight excluding hydrogens is 384 g/mol. The number of benzene rings is 2. The fraction of sp³-hybridized carbons (Fsp3) is 0.150. The first-order valence-electron chi connectivity index (χ1n) is 8.32. The molecule has 0 aliphatic carbocycles. The van der Waals surface area contributed by atoms with Gasteiger partial charge in [-0.15, -0.1) is 0 Å². The van der Waals surface area contributed by atoms with E-state index in [1.807, 2.05) is 18.2 Å². The van der Waals surface area contributed by atoms with Crippen LogP contribution in [-0.2, 0) is 6.61 Å². The summed E-state index contributed by atoms with van der Waals surface area (Å²) >= 11 is 5.88.